The first-order valence-corrected chi connectivity index (χ1v) is 12.6. The number of nitrogens with zero attached hydrogens (tertiary/aromatic N) is 4. The van der Waals surface area contributed by atoms with Crippen LogP contribution in [0.2, 0.25) is 0 Å². The van der Waals surface area contributed by atoms with E-state index in [-0.39, 0.29) is 5.60 Å². The SMILES string of the molecule is COC(C)(C)C.N#Cc1cnc2[nH]c(C3=CCN(C=O)CC3)cc2c1NC1=Cc2scnc2C=CC1. The molecule has 0 bridgehead atoms. The summed E-state index contributed by atoms with van der Waals surface area (Å²) in [5, 5.41) is 14.0. The number of hydrogen-bond donors (Lipinski definition) is 2. The van der Waals surface area contributed by atoms with Crippen molar-refractivity contribution in [3.63, 3.8) is 0 Å². The zero-order valence-electron chi connectivity index (χ0n) is 21.0. The summed E-state index contributed by atoms with van der Waals surface area (Å²) in [7, 11) is 1.71. The minimum atomic E-state index is 0.0417. The van der Waals surface area contributed by atoms with E-state index in [9.17, 15) is 10.1 Å². The van der Waals surface area contributed by atoms with Crippen molar-refractivity contribution in [1.82, 2.24) is 19.9 Å². The van der Waals surface area contributed by atoms with Crippen LogP contribution in [0.4, 0.5) is 5.69 Å². The van der Waals surface area contributed by atoms with Gasteiger partial charge in [0.15, 0.2) is 0 Å². The Labute approximate surface area is 215 Å². The van der Waals surface area contributed by atoms with Crippen molar-refractivity contribution in [2.75, 3.05) is 25.5 Å². The molecule has 2 N–H and O–H groups in total. The highest BCUT2D eigenvalue weighted by atomic mass is 32.1. The number of anilines is 1. The van der Waals surface area contributed by atoms with E-state index in [4.69, 9.17) is 4.74 Å². The molecule has 0 unspecified atom stereocenters. The second-order valence-electron chi connectivity index (χ2n) is 9.50. The predicted molar refractivity (Wildman–Crippen MR) is 145 cm³/mol. The Morgan fingerprint density at radius 2 is 2.14 bits per heavy atom. The van der Waals surface area contributed by atoms with Crippen LogP contribution in [0, 0.1) is 11.3 Å². The molecule has 4 heterocycles. The highest BCUT2D eigenvalue weighted by Gasteiger charge is 2.18. The summed E-state index contributed by atoms with van der Waals surface area (Å²) in [5.74, 6) is 0. The third kappa shape index (κ3) is 5.90. The number of carbonyl (C=O) groups excluding carboxylic acids is 1. The molecule has 3 aromatic rings. The van der Waals surface area contributed by atoms with Crippen molar-refractivity contribution >= 4 is 52.2 Å². The van der Waals surface area contributed by atoms with Crippen LogP contribution in [0.1, 0.15) is 55.4 Å². The smallest absolute Gasteiger partial charge is 0.209 e. The first kappa shape index (κ1) is 25.4. The van der Waals surface area contributed by atoms with Crippen LogP contribution >= 0.6 is 11.3 Å². The molecule has 2 aliphatic rings. The van der Waals surface area contributed by atoms with Gasteiger partial charge in [-0.25, -0.2) is 9.97 Å². The highest BCUT2D eigenvalue weighted by Crippen LogP contribution is 2.33. The number of aromatic nitrogens is 3. The number of rotatable bonds is 4. The number of allylic oxidation sites excluding steroid dienone is 1. The number of pyridine rings is 1. The summed E-state index contributed by atoms with van der Waals surface area (Å²) >= 11 is 1.59. The molecule has 0 fully saturated rings. The van der Waals surface area contributed by atoms with E-state index in [0.29, 0.717) is 18.7 Å². The van der Waals surface area contributed by atoms with Gasteiger partial charge in [-0.15, -0.1) is 11.3 Å². The first-order chi connectivity index (χ1) is 17.3. The van der Waals surface area contributed by atoms with Crippen LogP contribution in [0.5, 0.6) is 0 Å². The average molecular weight is 503 g/mol. The van der Waals surface area contributed by atoms with E-state index < -0.39 is 0 Å². The Balaban J connectivity index is 0.000000455. The van der Waals surface area contributed by atoms with Crippen LogP contribution in [-0.4, -0.2) is 52.1 Å². The molecular weight excluding hydrogens is 472 g/mol. The zero-order chi connectivity index (χ0) is 25.7. The third-order valence-electron chi connectivity index (χ3n) is 5.95. The Kier molecular flexibility index (Phi) is 7.67. The number of methoxy groups -OCH3 is 1. The molecule has 1 aliphatic heterocycles. The predicted octanol–water partition coefficient (Wildman–Crippen LogP) is 5.44. The molecule has 0 aromatic carbocycles. The second kappa shape index (κ2) is 10.9. The molecule has 9 heteroatoms. The van der Waals surface area contributed by atoms with Crippen LogP contribution in [0.15, 0.2) is 35.6 Å². The Morgan fingerprint density at radius 3 is 2.81 bits per heavy atom. The van der Waals surface area contributed by atoms with Gasteiger partial charge in [0.1, 0.15) is 11.7 Å². The van der Waals surface area contributed by atoms with Crippen molar-refractivity contribution in [2.45, 2.75) is 39.2 Å². The lowest BCUT2D eigenvalue weighted by Crippen LogP contribution is -2.26. The number of ether oxygens (including phenoxy) is 1. The Hall–Kier alpha value is -3.74. The van der Waals surface area contributed by atoms with Crippen molar-refractivity contribution < 1.29 is 9.53 Å². The van der Waals surface area contributed by atoms with Crippen LogP contribution in [-0.2, 0) is 9.53 Å². The number of nitriles is 1. The molecule has 1 amide bonds. The molecule has 5 rings (SSSR count). The van der Waals surface area contributed by atoms with Crippen molar-refractivity contribution in [2.24, 2.45) is 0 Å². The number of fused-ring (bicyclic) bond motifs is 2. The molecule has 1 aliphatic carbocycles. The molecule has 0 radical (unpaired) electrons. The minimum Gasteiger partial charge on any atom is -0.379 e. The van der Waals surface area contributed by atoms with E-state index in [2.05, 4.69) is 44.6 Å². The number of hydrogen-bond acceptors (Lipinski definition) is 7. The summed E-state index contributed by atoms with van der Waals surface area (Å²) in [6.07, 6.45) is 12.2. The van der Waals surface area contributed by atoms with Gasteiger partial charge in [0, 0.05) is 49.6 Å². The van der Waals surface area contributed by atoms with Gasteiger partial charge < -0.3 is 19.9 Å². The fraction of sp³-hybridized carbons (Fsp3) is 0.333. The summed E-state index contributed by atoms with van der Waals surface area (Å²) in [6, 6.07) is 4.30. The molecule has 186 valence electrons. The van der Waals surface area contributed by atoms with E-state index >= 15 is 0 Å². The normalized spacial score (nSPS) is 15.1. The largest absolute Gasteiger partial charge is 0.379 e. The summed E-state index contributed by atoms with van der Waals surface area (Å²) in [6.45, 7) is 7.36. The molecular formula is C27H30N6O2S. The molecule has 0 atom stereocenters. The van der Waals surface area contributed by atoms with E-state index in [0.717, 1.165) is 63.5 Å². The van der Waals surface area contributed by atoms with Gasteiger partial charge in [-0.1, -0.05) is 12.2 Å². The van der Waals surface area contributed by atoms with Crippen molar-refractivity contribution in [1.29, 1.82) is 5.26 Å². The van der Waals surface area contributed by atoms with E-state index in [1.807, 2.05) is 38.4 Å². The fourth-order valence-corrected chi connectivity index (χ4v) is 4.48. The second-order valence-corrected chi connectivity index (χ2v) is 10.4. The van der Waals surface area contributed by atoms with Crippen molar-refractivity contribution in [3.8, 4) is 6.07 Å². The minimum absolute atomic E-state index is 0.0417. The number of aromatic amines is 1. The van der Waals surface area contributed by atoms with Gasteiger partial charge in [0.25, 0.3) is 0 Å². The number of carbonyl (C=O) groups is 1. The average Bonchev–Trinajstić information content (AvgIpc) is 3.47. The number of H-pyrrole nitrogens is 1. The lowest BCUT2D eigenvalue weighted by Gasteiger charge is -2.21. The number of nitrogens with one attached hydrogen (secondary N) is 2. The molecule has 0 saturated carbocycles. The maximum Gasteiger partial charge on any atom is 0.209 e. The number of amides is 1. The summed E-state index contributed by atoms with van der Waals surface area (Å²) in [5.41, 5.74) is 7.95. The lowest BCUT2D eigenvalue weighted by atomic mass is 10.0. The lowest BCUT2D eigenvalue weighted by molar-refractivity contribution is -0.117. The van der Waals surface area contributed by atoms with Crippen LogP contribution < -0.4 is 5.32 Å². The Bertz CT molecular complexity index is 1380. The van der Waals surface area contributed by atoms with Gasteiger partial charge >= 0.3 is 0 Å². The van der Waals surface area contributed by atoms with Gasteiger partial charge in [-0.05, 0) is 51.0 Å². The highest BCUT2D eigenvalue weighted by molar-refractivity contribution is 7.10. The topological polar surface area (TPSA) is 107 Å². The molecule has 36 heavy (non-hydrogen) atoms. The standard InChI is InChI=1S/C22H18N6OS.C5H12O/c23-10-15-11-24-22-17(9-19(27-22)14-4-6-28(13-29)7-5-14)21(15)26-16-2-1-3-18-20(8-16)30-12-25-18;1-5(2,3)6-4/h1,3-4,8-9,11-13H,2,5-7H2,(H2,24,26,27);1-4H3. The van der Waals surface area contributed by atoms with E-state index in [1.54, 1.807) is 29.5 Å². The van der Waals surface area contributed by atoms with Crippen LogP contribution in [0.25, 0.3) is 28.8 Å². The molecule has 8 nitrogen and oxygen atoms in total. The quantitative estimate of drug-likeness (QED) is 0.460. The summed E-state index contributed by atoms with van der Waals surface area (Å²) < 4.78 is 4.94. The monoisotopic (exact) mass is 502 g/mol. The third-order valence-corrected chi connectivity index (χ3v) is 6.75. The Morgan fingerprint density at radius 1 is 1.33 bits per heavy atom. The van der Waals surface area contributed by atoms with Crippen molar-refractivity contribution in [3.05, 3.63) is 57.5 Å². The molecule has 0 spiro atoms. The van der Waals surface area contributed by atoms with Gasteiger partial charge in [0.2, 0.25) is 6.41 Å². The van der Waals surface area contributed by atoms with E-state index in [1.165, 1.54) is 0 Å². The fourth-order valence-electron chi connectivity index (χ4n) is 3.75. The molecule has 0 saturated heterocycles. The molecule has 3 aromatic heterocycles. The van der Waals surface area contributed by atoms with Gasteiger partial charge in [-0.3, -0.25) is 4.79 Å². The van der Waals surface area contributed by atoms with Gasteiger partial charge in [0.05, 0.1) is 32.9 Å². The first-order valence-electron chi connectivity index (χ1n) is 11.7. The van der Waals surface area contributed by atoms with Crippen LogP contribution in [0.3, 0.4) is 0 Å². The zero-order valence-corrected chi connectivity index (χ0v) is 21.8. The maximum atomic E-state index is 11.0. The van der Waals surface area contributed by atoms with Gasteiger partial charge in [-0.2, -0.15) is 5.26 Å². The number of thiazole rings is 1. The summed E-state index contributed by atoms with van der Waals surface area (Å²) in [4.78, 5) is 26.0. The maximum absolute atomic E-state index is 11.0.